The van der Waals surface area contributed by atoms with Crippen molar-refractivity contribution >= 4 is 44.5 Å². The average molecular weight is 614 g/mol. The topological polar surface area (TPSA) is 121 Å². The lowest BCUT2D eigenvalue weighted by atomic mass is 10.0. The quantitative estimate of drug-likeness (QED) is 0.140. The fourth-order valence-electron chi connectivity index (χ4n) is 4.36. The molecular formula is C27H26BrClN6O4. The molecule has 5 rings (SSSR count). The number of nitrogens with one attached hydrogen (secondary N) is 1. The molecule has 0 amide bonds. The number of aromatic amines is 1. The van der Waals surface area contributed by atoms with Gasteiger partial charge in [0.05, 0.1) is 11.1 Å². The third-order valence-electron chi connectivity index (χ3n) is 6.26. The highest BCUT2D eigenvalue weighted by Crippen LogP contribution is 2.41. The molecule has 12 heteroatoms. The zero-order valence-corrected chi connectivity index (χ0v) is 23.8. The fourth-order valence-corrected chi connectivity index (χ4v) is 5.25. The first-order valence-electron chi connectivity index (χ1n) is 12.5. The Bertz CT molecular complexity index is 1600. The van der Waals surface area contributed by atoms with Gasteiger partial charge < -0.3 is 18.5 Å². The molecule has 0 saturated heterocycles. The molecule has 0 aliphatic rings. The second kappa shape index (κ2) is 12.1. The van der Waals surface area contributed by atoms with Crippen LogP contribution in [0.2, 0.25) is 5.15 Å². The molecule has 0 spiro atoms. The first-order chi connectivity index (χ1) is 19.0. The zero-order chi connectivity index (χ0) is 27.4. The number of ether oxygens (including phenoxy) is 2. The molecule has 0 aliphatic heterocycles. The molecule has 0 bridgehead atoms. The largest absolute Gasteiger partial charge is 0.458 e. The standard InChI is InChI=1S/C27H26BrClN6O4/c1-3-4-9-21-30-25(29)23(27(36)38-13-12-37-2)35(21)15-16-10-11-20-19(14-16)22(28)24(39-20)17-7-5-6-8-18(17)26-31-33-34-32-26/h5-8,10-11,14H,3-4,9,12-13,15H2,1-2H3,(H,31,32,33,34). The Balaban J connectivity index is 1.52. The van der Waals surface area contributed by atoms with Gasteiger partial charge in [0.25, 0.3) is 0 Å². The summed E-state index contributed by atoms with van der Waals surface area (Å²) < 4.78 is 19.3. The Morgan fingerprint density at radius 2 is 2.00 bits per heavy atom. The van der Waals surface area contributed by atoms with Gasteiger partial charge in [-0.2, -0.15) is 5.21 Å². The van der Waals surface area contributed by atoms with Gasteiger partial charge in [-0.3, -0.25) is 0 Å². The van der Waals surface area contributed by atoms with E-state index in [1.807, 2.05) is 47.0 Å². The van der Waals surface area contributed by atoms with Gasteiger partial charge in [-0.15, -0.1) is 10.2 Å². The summed E-state index contributed by atoms with van der Waals surface area (Å²) in [6.07, 6.45) is 2.59. The Labute approximate surface area is 237 Å². The number of aromatic nitrogens is 6. The van der Waals surface area contributed by atoms with Gasteiger partial charge in [0, 0.05) is 36.6 Å². The van der Waals surface area contributed by atoms with Crippen LogP contribution >= 0.6 is 27.5 Å². The Morgan fingerprint density at radius 1 is 1.18 bits per heavy atom. The van der Waals surface area contributed by atoms with E-state index in [1.165, 1.54) is 0 Å². The lowest BCUT2D eigenvalue weighted by Gasteiger charge is -2.12. The minimum atomic E-state index is -0.529. The molecule has 0 unspecified atom stereocenters. The molecule has 3 heterocycles. The van der Waals surface area contributed by atoms with E-state index in [0.29, 0.717) is 36.7 Å². The zero-order valence-electron chi connectivity index (χ0n) is 21.4. The van der Waals surface area contributed by atoms with Gasteiger partial charge in [0.15, 0.2) is 10.8 Å². The number of hydrogen-bond donors (Lipinski definition) is 1. The monoisotopic (exact) mass is 612 g/mol. The molecular weight excluding hydrogens is 588 g/mol. The summed E-state index contributed by atoms with van der Waals surface area (Å²) in [4.78, 5) is 17.4. The van der Waals surface area contributed by atoms with Crippen molar-refractivity contribution in [2.75, 3.05) is 20.3 Å². The van der Waals surface area contributed by atoms with E-state index in [4.69, 9.17) is 25.5 Å². The molecule has 10 nitrogen and oxygen atoms in total. The predicted molar refractivity (Wildman–Crippen MR) is 150 cm³/mol. The third-order valence-corrected chi connectivity index (χ3v) is 7.31. The molecule has 0 atom stereocenters. The maximum atomic E-state index is 12.9. The van der Waals surface area contributed by atoms with Gasteiger partial charge in [-0.25, -0.2) is 9.78 Å². The summed E-state index contributed by atoms with van der Waals surface area (Å²) in [7, 11) is 1.55. The van der Waals surface area contributed by atoms with Crippen LogP contribution in [0.3, 0.4) is 0 Å². The molecule has 3 aromatic heterocycles. The average Bonchev–Trinajstić information content (AvgIpc) is 3.66. The Morgan fingerprint density at radius 3 is 2.74 bits per heavy atom. The van der Waals surface area contributed by atoms with Crippen LogP contribution in [0.5, 0.6) is 0 Å². The van der Waals surface area contributed by atoms with E-state index in [9.17, 15) is 4.79 Å². The minimum absolute atomic E-state index is 0.128. The number of carbonyl (C=O) groups excluding carboxylic acids is 1. The minimum Gasteiger partial charge on any atom is -0.458 e. The number of imidazole rings is 1. The number of nitrogens with zero attached hydrogens (tertiary/aromatic N) is 5. The van der Waals surface area contributed by atoms with Gasteiger partial charge in [0.1, 0.15) is 23.8 Å². The van der Waals surface area contributed by atoms with Gasteiger partial charge in [0.2, 0.25) is 5.82 Å². The summed E-state index contributed by atoms with van der Waals surface area (Å²) in [5.74, 6) is 1.33. The van der Waals surface area contributed by atoms with Crippen molar-refractivity contribution in [3.63, 3.8) is 0 Å². The van der Waals surface area contributed by atoms with Crippen molar-refractivity contribution < 1.29 is 18.7 Å². The van der Waals surface area contributed by atoms with E-state index in [-0.39, 0.29) is 17.5 Å². The maximum Gasteiger partial charge on any atom is 0.358 e. The van der Waals surface area contributed by atoms with Crippen LogP contribution in [-0.2, 0) is 22.4 Å². The van der Waals surface area contributed by atoms with Gasteiger partial charge >= 0.3 is 5.97 Å². The summed E-state index contributed by atoms with van der Waals surface area (Å²) >= 11 is 10.2. The number of furan rings is 1. The second-order valence-electron chi connectivity index (χ2n) is 8.84. The molecule has 1 N–H and O–H groups in total. The molecule has 0 aliphatic carbocycles. The highest BCUT2D eigenvalue weighted by atomic mass is 79.9. The summed E-state index contributed by atoms with van der Waals surface area (Å²) in [5.41, 5.74) is 3.50. The number of H-pyrrole nitrogens is 1. The molecule has 0 radical (unpaired) electrons. The van der Waals surface area contributed by atoms with Crippen LogP contribution < -0.4 is 0 Å². The first kappa shape index (κ1) is 27.0. The lowest BCUT2D eigenvalue weighted by Crippen LogP contribution is -2.17. The van der Waals surface area contributed by atoms with Gasteiger partial charge in [-0.05, 0) is 45.3 Å². The summed E-state index contributed by atoms with van der Waals surface area (Å²) in [6.45, 7) is 2.91. The first-order valence-corrected chi connectivity index (χ1v) is 13.6. The van der Waals surface area contributed by atoms with E-state index < -0.39 is 5.97 Å². The van der Waals surface area contributed by atoms with Crippen LogP contribution in [0, 0.1) is 0 Å². The van der Waals surface area contributed by atoms with Crippen molar-refractivity contribution in [1.82, 2.24) is 30.2 Å². The van der Waals surface area contributed by atoms with E-state index in [1.54, 1.807) is 7.11 Å². The fraction of sp³-hybridized carbons (Fsp3) is 0.296. The predicted octanol–water partition coefficient (Wildman–Crippen LogP) is 6.09. The Kier molecular flexibility index (Phi) is 8.39. The van der Waals surface area contributed by atoms with Crippen molar-refractivity contribution in [2.24, 2.45) is 0 Å². The maximum absolute atomic E-state index is 12.9. The highest BCUT2D eigenvalue weighted by Gasteiger charge is 2.24. The number of esters is 1. The normalized spacial score (nSPS) is 11.4. The van der Waals surface area contributed by atoms with Crippen LogP contribution in [0.25, 0.3) is 33.7 Å². The number of hydrogen-bond acceptors (Lipinski definition) is 8. The number of fused-ring (bicyclic) bond motifs is 1. The third kappa shape index (κ3) is 5.61. The number of aryl methyl sites for hydroxylation is 1. The molecule has 0 fully saturated rings. The SMILES string of the molecule is CCCCc1nc(Cl)c(C(=O)OCCOC)n1Cc1ccc2oc(-c3ccccc3-c3nn[nH]n3)c(Br)c2c1. The van der Waals surface area contributed by atoms with Crippen LogP contribution in [-0.4, -0.2) is 56.5 Å². The van der Waals surface area contributed by atoms with Gasteiger partial charge in [-0.1, -0.05) is 55.3 Å². The molecule has 2 aromatic carbocycles. The van der Waals surface area contributed by atoms with Crippen molar-refractivity contribution in [3.8, 4) is 22.7 Å². The summed E-state index contributed by atoms with van der Waals surface area (Å²) in [6, 6.07) is 13.6. The molecule has 202 valence electrons. The second-order valence-corrected chi connectivity index (χ2v) is 9.99. The molecule has 0 saturated carbocycles. The van der Waals surface area contributed by atoms with Crippen molar-refractivity contribution in [2.45, 2.75) is 32.7 Å². The number of carbonyl (C=O) groups is 1. The molecule has 39 heavy (non-hydrogen) atoms. The Hall–Kier alpha value is -3.54. The van der Waals surface area contributed by atoms with E-state index in [2.05, 4.69) is 48.5 Å². The number of benzene rings is 2. The number of unbranched alkanes of at least 4 members (excludes halogenated alkanes) is 1. The number of tetrazole rings is 1. The van der Waals surface area contributed by atoms with Crippen molar-refractivity contribution in [3.05, 3.63) is 69.2 Å². The van der Waals surface area contributed by atoms with Crippen LogP contribution in [0.1, 0.15) is 41.6 Å². The van der Waals surface area contributed by atoms with E-state index in [0.717, 1.165) is 45.2 Å². The van der Waals surface area contributed by atoms with Crippen LogP contribution in [0.4, 0.5) is 0 Å². The number of rotatable bonds is 11. The number of methoxy groups -OCH3 is 1. The lowest BCUT2D eigenvalue weighted by molar-refractivity contribution is 0.0377. The van der Waals surface area contributed by atoms with E-state index >= 15 is 0 Å². The molecule has 5 aromatic rings. The highest BCUT2D eigenvalue weighted by molar-refractivity contribution is 9.10. The smallest absolute Gasteiger partial charge is 0.358 e. The summed E-state index contributed by atoms with van der Waals surface area (Å²) in [5, 5.41) is 15.4. The number of halogens is 2. The van der Waals surface area contributed by atoms with Crippen molar-refractivity contribution in [1.29, 1.82) is 0 Å². The van der Waals surface area contributed by atoms with Crippen LogP contribution in [0.15, 0.2) is 51.4 Å².